The predicted molar refractivity (Wildman–Crippen MR) is 109 cm³/mol. The fourth-order valence-corrected chi connectivity index (χ4v) is 3.48. The van der Waals surface area contributed by atoms with Crippen LogP contribution in [0.4, 0.5) is 8.78 Å². The maximum Gasteiger partial charge on any atom is 0.256 e. The fourth-order valence-electron chi connectivity index (χ4n) is 3.16. The van der Waals surface area contributed by atoms with Crippen molar-refractivity contribution < 1.29 is 13.6 Å². The van der Waals surface area contributed by atoms with Crippen LogP contribution in [0.25, 0.3) is 0 Å². The monoisotopic (exact) mass is 417 g/mol. The second-order valence-corrected chi connectivity index (χ2v) is 7.53. The van der Waals surface area contributed by atoms with Crippen LogP contribution < -0.4 is 5.32 Å². The first-order chi connectivity index (χ1) is 13.8. The molecule has 0 saturated heterocycles. The molecule has 0 aliphatic heterocycles. The van der Waals surface area contributed by atoms with E-state index < -0.39 is 23.6 Å². The van der Waals surface area contributed by atoms with E-state index in [-0.39, 0.29) is 22.7 Å². The van der Waals surface area contributed by atoms with Crippen molar-refractivity contribution in [1.82, 2.24) is 15.1 Å². The van der Waals surface area contributed by atoms with E-state index in [1.165, 1.54) is 18.2 Å². The van der Waals surface area contributed by atoms with Crippen molar-refractivity contribution in [1.29, 1.82) is 0 Å². The Morgan fingerprint density at radius 1 is 1.14 bits per heavy atom. The number of carbonyl (C=O) groups excluding carboxylic acids is 1. The number of carbonyl (C=O) groups is 1. The number of halogens is 3. The average Bonchev–Trinajstić information content (AvgIpc) is 2.93. The number of aromatic nitrogens is 2. The van der Waals surface area contributed by atoms with Gasteiger partial charge in [-0.1, -0.05) is 47.5 Å². The zero-order valence-corrected chi connectivity index (χ0v) is 17.2. The molecule has 1 atom stereocenters. The molecule has 1 unspecified atom stereocenters. The molecule has 1 N–H and O–H groups in total. The van der Waals surface area contributed by atoms with E-state index in [9.17, 15) is 13.6 Å². The molecule has 0 saturated carbocycles. The van der Waals surface area contributed by atoms with Crippen LogP contribution in [0, 0.1) is 25.5 Å². The summed E-state index contributed by atoms with van der Waals surface area (Å²) in [4.78, 5) is 12.7. The molecule has 0 aliphatic rings. The summed E-state index contributed by atoms with van der Waals surface area (Å²) in [5.74, 6) is -1.69. The maximum absolute atomic E-state index is 13.8. The minimum atomic E-state index is -0.633. The van der Waals surface area contributed by atoms with E-state index in [1.807, 2.05) is 31.2 Å². The Balaban J connectivity index is 1.73. The summed E-state index contributed by atoms with van der Waals surface area (Å²) in [6.45, 7) is 5.83. The molecule has 0 spiro atoms. The third-order valence-electron chi connectivity index (χ3n) is 4.69. The first-order valence-electron chi connectivity index (χ1n) is 9.28. The lowest BCUT2D eigenvalue weighted by Gasteiger charge is -2.15. The van der Waals surface area contributed by atoms with Gasteiger partial charge in [0, 0.05) is 11.6 Å². The summed E-state index contributed by atoms with van der Waals surface area (Å²) in [5.41, 5.74) is 2.86. The van der Waals surface area contributed by atoms with Crippen molar-refractivity contribution >= 4 is 17.5 Å². The third-order valence-corrected chi connectivity index (χ3v) is 5.08. The number of hydrogen-bond acceptors (Lipinski definition) is 2. The lowest BCUT2D eigenvalue weighted by Crippen LogP contribution is -2.35. The van der Waals surface area contributed by atoms with Gasteiger partial charge in [0.15, 0.2) is 0 Å². The van der Waals surface area contributed by atoms with Gasteiger partial charge in [0.1, 0.15) is 16.8 Å². The van der Waals surface area contributed by atoms with Crippen LogP contribution >= 0.6 is 11.6 Å². The van der Waals surface area contributed by atoms with Crippen molar-refractivity contribution in [3.63, 3.8) is 0 Å². The molecule has 7 heteroatoms. The number of rotatable bonds is 6. The fraction of sp³-hybridized carbons (Fsp3) is 0.273. The van der Waals surface area contributed by atoms with Crippen LogP contribution in [0.5, 0.6) is 0 Å². The van der Waals surface area contributed by atoms with Crippen molar-refractivity contribution in [2.75, 3.05) is 0 Å². The minimum Gasteiger partial charge on any atom is -0.349 e. The zero-order chi connectivity index (χ0) is 21.1. The average molecular weight is 418 g/mol. The molecule has 152 valence electrons. The largest absolute Gasteiger partial charge is 0.349 e. The SMILES string of the molecule is Cc1ccc(Cn2nc(C)c(C(=O)NC(C)Cc3c(F)cccc3F)c2Cl)cc1. The van der Waals surface area contributed by atoms with Crippen molar-refractivity contribution in [2.24, 2.45) is 0 Å². The molecule has 3 rings (SSSR count). The Hall–Kier alpha value is -2.73. The summed E-state index contributed by atoms with van der Waals surface area (Å²) in [5, 5.41) is 7.35. The molecular formula is C22H22ClF2N3O. The minimum absolute atomic E-state index is 0.0262. The van der Waals surface area contributed by atoms with Gasteiger partial charge in [-0.2, -0.15) is 5.10 Å². The van der Waals surface area contributed by atoms with E-state index in [2.05, 4.69) is 10.4 Å². The van der Waals surface area contributed by atoms with E-state index in [0.717, 1.165) is 11.1 Å². The Kier molecular flexibility index (Phi) is 6.33. The summed E-state index contributed by atoms with van der Waals surface area (Å²) in [6.07, 6.45) is 0.0262. The number of nitrogens with one attached hydrogen (secondary N) is 1. The molecule has 29 heavy (non-hydrogen) atoms. The molecule has 1 aromatic heterocycles. The van der Waals surface area contributed by atoms with Gasteiger partial charge in [-0.05, 0) is 44.9 Å². The maximum atomic E-state index is 13.8. The first kappa shape index (κ1) is 21.0. The first-order valence-corrected chi connectivity index (χ1v) is 9.66. The highest BCUT2D eigenvalue weighted by molar-refractivity contribution is 6.33. The number of hydrogen-bond donors (Lipinski definition) is 1. The molecular weight excluding hydrogens is 396 g/mol. The molecule has 0 radical (unpaired) electrons. The highest BCUT2D eigenvalue weighted by Gasteiger charge is 2.22. The van der Waals surface area contributed by atoms with Gasteiger partial charge in [0.25, 0.3) is 5.91 Å². The lowest BCUT2D eigenvalue weighted by molar-refractivity contribution is 0.0939. The summed E-state index contributed by atoms with van der Waals surface area (Å²) in [7, 11) is 0. The molecule has 2 aromatic carbocycles. The van der Waals surface area contributed by atoms with Crippen LogP contribution in [-0.2, 0) is 13.0 Å². The van der Waals surface area contributed by atoms with Crippen molar-refractivity contribution in [3.05, 3.63) is 87.2 Å². The molecule has 0 fully saturated rings. The number of amides is 1. The molecule has 0 aliphatic carbocycles. The van der Waals surface area contributed by atoms with Crippen LogP contribution in [0.15, 0.2) is 42.5 Å². The predicted octanol–water partition coefficient (Wildman–Crippen LogP) is 4.84. The lowest BCUT2D eigenvalue weighted by atomic mass is 10.1. The van der Waals surface area contributed by atoms with E-state index in [1.54, 1.807) is 18.5 Å². The summed E-state index contributed by atoms with van der Waals surface area (Å²) in [6, 6.07) is 11.2. The van der Waals surface area contributed by atoms with Gasteiger partial charge >= 0.3 is 0 Å². The second kappa shape index (κ2) is 8.74. The highest BCUT2D eigenvalue weighted by Crippen LogP contribution is 2.22. The number of nitrogens with zero attached hydrogens (tertiary/aromatic N) is 2. The van der Waals surface area contributed by atoms with Gasteiger partial charge < -0.3 is 5.32 Å². The summed E-state index contributed by atoms with van der Waals surface area (Å²) >= 11 is 6.42. The normalized spacial score (nSPS) is 12.1. The van der Waals surface area contributed by atoms with Crippen LogP contribution in [0.1, 0.15) is 39.7 Å². The molecule has 1 amide bonds. The third kappa shape index (κ3) is 4.82. The zero-order valence-electron chi connectivity index (χ0n) is 16.5. The van der Waals surface area contributed by atoms with Crippen LogP contribution in [0.2, 0.25) is 5.15 Å². The van der Waals surface area contributed by atoms with Gasteiger partial charge in [-0.15, -0.1) is 0 Å². The molecule has 3 aromatic rings. The smallest absolute Gasteiger partial charge is 0.256 e. The second-order valence-electron chi connectivity index (χ2n) is 7.17. The number of aryl methyl sites for hydroxylation is 2. The van der Waals surface area contributed by atoms with Crippen molar-refractivity contribution in [3.8, 4) is 0 Å². The van der Waals surface area contributed by atoms with Crippen LogP contribution in [0.3, 0.4) is 0 Å². The molecule has 4 nitrogen and oxygen atoms in total. The van der Waals surface area contributed by atoms with E-state index in [4.69, 9.17) is 11.6 Å². The quantitative estimate of drug-likeness (QED) is 0.623. The summed E-state index contributed by atoms with van der Waals surface area (Å²) < 4.78 is 29.3. The molecule has 0 bridgehead atoms. The standard InChI is InChI=1S/C22H22ClF2N3O/c1-13-7-9-16(10-8-13)12-28-21(23)20(15(3)27-28)22(29)26-14(2)11-17-18(24)5-4-6-19(17)25/h4-10,14H,11-12H2,1-3H3,(H,26,29). The van der Waals surface area contributed by atoms with Crippen LogP contribution in [-0.4, -0.2) is 21.7 Å². The van der Waals surface area contributed by atoms with Gasteiger partial charge in [-0.3, -0.25) is 4.79 Å². The van der Waals surface area contributed by atoms with Gasteiger partial charge in [0.05, 0.1) is 17.8 Å². The Bertz CT molecular complexity index is 1010. The number of benzene rings is 2. The Morgan fingerprint density at radius 2 is 1.76 bits per heavy atom. The Labute approximate surface area is 173 Å². The van der Waals surface area contributed by atoms with Gasteiger partial charge in [0.2, 0.25) is 0 Å². The highest BCUT2D eigenvalue weighted by atomic mass is 35.5. The Morgan fingerprint density at radius 3 is 2.38 bits per heavy atom. The topological polar surface area (TPSA) is 46.9 Å². The van der Waals surface area contributed by atoms with Crippen molar-refractivity contribution in [2.45, 2.75) is 39.8 Å². The van der Waals surface area contributed by atoms with Gasteiger partial charge in [-0.25, -0.2) is 13.5 Å². The molecule has 1 heterocycles. The van der Waals surface area contributed by atoms with E-state index in [0.29, 0.717) is 12.2 Å². The van der Waals surface area contributed by atoms with E-state index >= 15 is 0 Å².